The number of carbonyl (C=O) groups excluding carboxylic acids is 2. The number of aryl methyl sites for hydroxylation is 1. The second kappa shape index (κ2) is 8.01. The van der Waals surface area contributed by atoms with Crippen molar-refractivity contribution in [3.05, 3.63) is 34.5 Å². The van der Waals surface area contributed by atoms with Gasteiger partial charge in [0, 0.05) is 35.6 Å². The highest BCUT2D eigenvalue weighted by molar-refractivity contribution is 6.31. The van der Waals surface area contributed by atoms with Gasteiger partial charge in [-0.3, -0.25) is 4.79 Å². The van der Waals surface area contributed by atoms with Gasteiger partial charge in [-0.15, -0.1) is 0 Å². The van der Waals surface area contributed by atoms with E-state index in [1.54, 1.807) is 43.9 Å². The monoisotopic (exact) mass is 408 g/mol. The highest BCUT2D eigenvalue weighted by Gasteiger charge is 2.29. The lowest BCUT2D eigenvalue weighted by Crippen LogP contribution is -2.50. The third-order valence-electron chi connectivity index (χ3n) is 4.39. The fraction of sp³-hybridized carbons (Fsp3) is 0.500. The first-order valence-corrected chi connectivity index (χ1v) is 9.58. The minimum atomic E-state index is -0.568. The van der Waals surface area contributed by atoms with Crippen LogP contribution in [0.25, 0.3) is 11.0 Å². The van der Waals surface area contributed by atoms with Gasteiger partial charge in [0.25, 0.3) is 5.91 Å². The van der Waals surface area contributed by atoms with Crippen molar-refractivity contribution >= 4 is 34.6 Å². The zero-order valence-electron chi connectivity index (χ0n) is 16.5. The highest BCUT2D eigenvalue weighted by Crippen LogP contribution is 2.29. The molecule has 28 heavy (non-hydrogen) atoms. The number of hydrogen-bond acceptors (Lipinski definition) is 5. The summed E-state index contributed by atoms with van der Waals surface area (Å²) in [5.74, 6) is 0.105. The first kappa shape index (κ1) is 20.5. The number of hydrogen-bond donors (Lipinski definition) is 1. The standard InChI is InChI=1S/C20H25ClN2O5/c1-12-15-9-13(21)5-6-16(15)27-17(12)18(24)23-7-8-26-14(11-23)10-22-19(25)28-20(2,3)4/h5-6,9,14H,7-8,10-11H2,1-4H3,(H,22,25)/t14-/m0/s1. The van der Waals surface area contributed by atoms with Crippen molar-refractivity contribution in [3.63, 3.8) is 0 Å². The Kier molecular flexibility index (Phi) is 5.86. The van der Waals surface area contributed by atoms with E-state index < -0.39 is 11.7 Å². The molecule has 0 saturated carbocycles. The molecule has 2 heterocycles. The van der Waals surface area contributed by atoms with Crippen LogP contribution < -0.4 is 5.32 Å². The number of benzene rings is 1. The molecule has 0 radical (unpaired) electrons. The van der Waals surface area contributed by atoms with E-state index in [4.69, 9.17) is 25.5 Å². The third kappa shape index (κ3) is 4.77. The molecule has 8 heteroatoms. The molecule has 1 aliphatic heterocycles. The molecule has 1 aromatic carbocycles. The smallest absolute Gasteiger partial charge is 0.407 e. The van der Waals surface area contributed by atoms with Gasteiger partial charge in [0.05, 0.1) is 12.7 Å². The van der Waals surface area contributed by atoms with Crippen LogP contribution in [-0.4, -0.2) is 54.8 Å². The SMILES string of the molecule is Cc1c(C(=O)N2CCO[C@@H](CNC(=O)OC(C)(C)C)C2)oc2ccc(Cl)cc12. The molecule has 1 atom stereocenters. The molecule has 1 fully saturated rings. The number of carbonyl (C=O) groups is 2. The summed E-state index contributed by atoms with van der Waals surface area (Å²) in [6.07, 6.45) is -0.825. The molecular formula is C20H25ClN2O5. The number of nitrogens with one attached hydrogen (secondary N) is 1. The van der Waals surface area contributed by atoms with Gasteiger partial charge in [0.2, 0.25) is 0 Å². The lowest BCUT2D eigenvalue weighted by atomic mass is 10.1. The van der Waals surface area contributed by atoms with Gasteiger partial charge < -0.3 is 24.1 Å². The average Bonchev–Trinajstić information content (AvgIpc) is 2.94. The topological polar surface area (TPSA) is 81.0 Å². The summed E-state index contributed by atoms with van der Waals surface area (Å²) in [7, 11) is 0. The van der Waals surface area contributed by atoms with E-state index in [9.17, 15) is 9.59 Å². The van der Waals surface area contributed by atoms with Gasteiger partial charge in [-0.1, -0.05) is 11.6 Å². The van der Waals surface area contributed by atoms with Gasteiger partial charge in [-0.05, 0) is 45.9 Å². The number of nitrogens with zero attached hydrogens (tertiary/aromatic N) is 1. The zero-order chi connectivity index (χ0) is 20.5. The van der Waals surface area contributed by atoms with Crippen molar-refractivity contribution in [1.82, 2.24) is 10.2 Å². The maximum Gasteiger partial charge on any atom is 0.407 e. The second-order valence-electron chi connectivity index (χ2n) is 7.82. The average molecular weight is 409 g/mol. The minimum Gasteiger partial charge on any atom is -0.451 e. The molecule has 0 aliphatic carbocycles. The number of ether oxygens (including phenoxy) is 2. The minimum absolute atomic E-state index is 0.199. The first-order chi connectivity index (χ1) is 13.1. The van der Waals surface area contributed by atoms with Crippen LogP contribution in [0.15, 0.2) is 22.6 Å². The molecule has 7 nitrogen and oxygen atoms in total. The van der Waals surface area contributed by atoms with Gasteiger partial charge in [-0.2, -0.15) is 0 Å². The molecule has 0 unspecified atom stereocenters. The normalized spacial score (nSPS) is 17.6. The number of amides is 2. The van der Waals surface area contributed by atoms with Crippen molar-refractivity contribution in [2.45, 2.75) is 39.4 Å². The van der Waals surface area contributed by atoms with Crippen LogP contribution >= 0.6 is 11.6 Å². The van der Waals surface area contributed by atoms with Crippen LogP contribution in [0.3, 0.4) is 0 Å². The van der Waals surface area contributed by atoms with Crippen LogP contribution in [0.4, 0.5) is 4.79 Å². The number of alkyl carbamates (subject to hydrolysis) is 1. The van der Waals surface area contributed by atoms with Crippen LogP contribution in [0.5, 0.6) is 0 Å². The predicted molar refractivity (Wildman–Crippen MR) is 106 cm³/mol. The summed E-state index contributed by atoms with van der Waals surface area (Å²) in [6.45, 7) is 8.69. The van der Waals surface area contributed by atoms with E-state index in [0.717, 1.165) is 10.9 Å². The molecule has 1 saturated heterocycles. The van der Waals surface area contributed by atoms with E-state index in [1.807, 2.05) is 6.92 Å². The largest absolute Gasteiger partial charge is 0.451 e. The summed E-state index contributed by atoms with van der Waals surface area (Å²) < 4.78 is 16.7. The molecule has 2 aromatic rings. The number of furan rings is 1. The molecule has 1 aromatic heterocycles. The number of fused-ring (bicyclic) bond motifs is 1. The molecule has 3 rings (SSSR count). The Morgan fingerprint density at radius 3 is 2.82 bits per heavy atom. The predicted octanol–water partition coefficient (Wildman–Crippen LogP) is 3.76. The van der Waals surface area contributed by atoms with E-state index in [-0.39, 0.29) is 18.6 Å². The van der Waals surface area contributed by atoms with Gasteiger partial charge in [0.1, 0.15) is 11.2 Å². The Labute approximate surface area is 168 Å². The van der Waals surface area contributed by atoms with Gasteiger partial charge in [-0.25, -0.2) is 4.79 Å². The Morgan fingerprint density at radius 2 is 2.11 bits per heavy atom. The third-order valence-corrected chi connectivity index (χ3v) is 4.63. The molecule has 0 bridgehead atoms. The molecule has 2 amide bonds. The second-order valence-corrected chi connectivity index (χ2v) is 8.26. The fourth-order valence-electron chi connectivity index (χ4n) is 3.08. The first-order valence-electron chi connectivity index (χ1n) is 9.20. The van der Waals surface area contributed by atoms with E-state index in [1.165, 1.54) is 0 Å². The summed E-state index contributed by atoms with van der Waals surface area (Å²) in [4.78, 5) is 26.5. The fourth-order valence-corrected chi connectivity index (χ4v) is 3.25. The summed E-state index contributed by atoms with van der Waals surface area (Å²) in [5, 5.41) is 4.10. The van der Waals surface area contributed by atoms with Crippen LogP contribution in [0.2, 0.25) is 5.02 Å². The van der Waals surface area contributed by atoms with Crippen molar-refractivity contribution in [1.29, 1.82) is 0 Å². The van der Waals surface area contributed by atoms with Crippen molar-refractivity contribution in [3.8, 4) is 0 Å². The molecular weight excluding hydrogens is 384 g/mol. The lowest BCUT2D eigenvalue weighted by Gasteiger charge is -2.32. The maximum absolute atomic E-state index is 13.0. The number of morpholine rings is 1. The van der Waals surface area contributed by atoms with Gasteiger partial charge in [0.15, 0.2) is 5.76 Å². The molecule has 0 spiro atoms. The summed E-state index contributed by atoms with van der Waals surface area (Å²) >= 11 is 6.05. The Balaban J connectivity index is 1.65. The summed E-state index contributed by atoms with van der Waals surface area (Å²) in [5.41, 5.74) is 0.820. The quantitative estimate of drug-likeness (QED) is 0.836. The van der Waals surface area contributed by atoms with Crippen molar-refractivity contribution < 1.29 is 23.5 Å². The molecule has 152 valence electrons. The number of halogens is 1. The molecule has 1 N–H and O–H groups in total. The van der Waals surface area contributed by atoms with E-state index in [2.05, 4.69) is 5.32 Å². The summed E-state index contributed by atoms with van der Waals surface area (Å²) in [6, 6.07) is 5.28. The molecule has 1 aliphatic rings. The van der Waals surface area contributed by atoms with Crippen LogP contribution in [0, 0.1) is 6.92 Å². The van der Waals surface area contributed by atoms with Gasteiger partial charge >= 0.3 is 6.09 Å². The van der Waals surface area contributed by atoms with E-state index in [0.29, 0.717) is 36.1 Å². The Hall–Kier alpha value is -2.25. The zero-order valence-corrected chi connectivity index (χ0v) is 17.3. The van der Waals surface area contributed by atoms with Crippen molar-refractivity contribution in [2.24, 2.45) is 0 Å². The lowest BCUT2D eigenvalue weighted by molar-refractivity contribution is -0.0227. The van der Waals surface area contributed by atoms with Crippen LogP contribution in [-0.2, 0) is 9.47 Å². The Bertz CT molecular complexity index is 887. The highest BCUT2D eigenvalue weighted by atomic mass is 35.5. The Morgan fingerprint density at radius 1 is 1.36 bits per heavy atom. The van der Waals surface area contributed by atoms with Crippen LogP contribution in [0.1, 0.15) is 36.9 Å². The number of rotatable bonds is 3. The maximum atomic E-state index is 13.0. The van der Waals surface area contributed by atoms with Crippen molar-refractivity contribution in [2.75, 3.05) is 26.2 Å². The van der Waals surface area contributed by atoms with E-state index >= 15 is 0 Å².